The van der Waals surface area contributed by atoms with E-state index in [1.165, 1.54) is 12.1 Å². The van der Waals surface area contributed by atoms with Crippen LogP contribution in [0.5, 0.6) is 0 Å². The van der Waals surface area contributed by atoms with Gasteiger partial charge in [0.2, 0.25) is 0 Å². The van der Waals surface area contributed by atoms with Gasteiger partial charge in [-0.15, -0.1) is 0 Å². The van der Waals surface area contributed by atoms with Crippen LogP contribution in [0.1, 0.15) is 23.3 Å². The third-order valence-corrected chi connectivity index (χ3v) is 4.64. The Hall–Kier alpha value is -2.83. The van der Waals surface area contributed by atoms with Crippen LogP contribution in [0, 0.1) is 5.82 Å². The van der Waals surface area contributed by atoms with Crippen molar-refractivity contribution in [3.05, 3.63) is 47.9 Å². The number of rotatable bonds is 3. The quantitative estimate of drug-likeness (QED) is 0.894. The zero-order chi connectivity index (χ0) is 18.0. The van der Waals surface area contributed by atoms with Crippen molar-refractivity contribution < 1.29 is 14.0 Å². The van der Waals surface area contributed by atoms with Gasteiger partial charge < -0.3 is 20.5 Å². The molecule has 3 N–H and O–H groups in total. The number of primary amides is 1. The van der Waals surface area contributed by atoms with Gasteiger partial charge in [-0.2, -0.15) is 0 Å². The second kappa shape index (κ2) is 6.96. The maximum absolute atomic E-state index is 13.1. The number of urea groups is 1. The number of amides is 3. The molecule has 0 saturated carbocycles. The number of hydrogen-bond acceptors (Lipinski definition) is 2. The molecule has 1 aromatic heterocycles. The van der Waals surface area contributed by atoms with E-state index in [1.807, 2.05) is 13.1 Å². The maximum Gasteiger partial charge on any atom is 0.314 e. The lowest BCUT2D eigenvalue weighted by Gasteiger charge is -2.31. The van der Waals surface area contributed by atoms with Gasteiger partial charge in [0.05, 0.1) is 0 Å². The van der Waals surface area contributed by atoms with Crippen LogP contribution in [0.4, 0.5) is 9.18 Å². The summed E-state index contributed by atoms with van der Waals surface area (Å²) in [5, 5.41) is 3.01. The highest BCUT2D eigenvalue weighted by Crippen LogP contribution is 2.22. The van der Waals surface area contributed by atoms with Gasteiger partial charge in [-0.1, -0.05) is 0 Å². The van der Waals surface area contributed by atoms with Gasteiger partial charge in [0, 0.05) is 31.9 Å². The number of likely N-dealkylation sites (tertiary alicyclic amines) is 1. The van der Waals surface area contributed by atoms with Crippen molar-refractivity contribution in [2.75, 3.05) is 13.1 Å². The highest BCUT2D eigenvalue weighted by Gasteiger charge is 2.24. The summed E-state index contributed by atoms with van der Waals surface area (Å²) in [6.07, 6.45) is 1.37. The number of benzene rings is 1. The van der Waals surface area contributed by atoms with Gasteiger partial charge in [0.15, 0.2) is 0 Å². The van der Waals surface area contributed by atoms with Crippen LogP contribution in [0.3, 0.4) is 0 Å². The summed E-state index contributed by atoms with van der Waals surface area (Å²) in [5.41, 5.74) is 7.49. The maximum atomic E-state index is 13.1. The Morgan fingerprint density at radius 3 is 2.36 bits per heavy atom. The number of nitrogens with two attached hydrogens (primary N) is 1. The molecular weight excluding hydrogens is 323 g/mol. The van der Waals surface area contributed by atoms with Gasteiger partial charge in [0.1, 0.15) is 11.5 Å². The second-order valence-electron chi connectivity index (χ2n) is 6.24. The molecule has 2 heterocycles. The molecule has 1 aliphatic heterocycles. The molecule has 3 rings (SSSR count). The van der Waals surface area contributed by atoms with Crippen molar-refractivity contribution in [3.8, 4) is 11.3 Å². The molecule has 0 atom stereocenters. The molecule has 25 heavy (non-hydrogen) atoms. The minimum Gasteiger partial charge on any atom is -0.351 e. The van der Waals surface area contributed by atoms with Gasteiger partial charge in [-0.25, -0.2) is 9.18 Å². The number of piperidine rings is 1. The number of nitrogens with zero attached hydrogens (tertiary/aromatic N) is 2. The Kier molecular flexibility index (Phi) is 4.74. The summed E-state index contributed by atoms with van der Waals surface area (Å²) in [6, 6.07) is 9.37. The molecule has 3 amide bonds. The zero-order valence-electron chi connectivity index (χ0n) is 14.0. The topological polar surface area (TPSA) is 80.4 Å². The number of halogens is 1. The molecule has 1 saturated heterocycles. The van der Waals surface area contributed by atoms with Crippen molar-refractivity contribution in [1.82, 2.24) is 14.8 Å². The highest BCUT2D eigenvalue weighted by molar-refractivity contribution is 5.94. The van der Waals surface area contributed by atoms with E-state index in [0.717, 1.165) is 11.3 Å². The largest absolute Gasteiger partial charge is 0.351 e. The fourth-order valence-corrected chi connectivity index (χ4v) is 3.15. The molecular formula is C18H21FN4O2. The summed E-state index contributed by atoms with van der Waals surface area (Å²) in [5.74, 6) is -0.452. The van der Waals surface area contributed by atoms with Gasteiger partial charge in [-0.3, -0.25) is 4.79 Å². The molecule has 0 radical (unpaired) electrons. The standard InChI is InChI=1S/C18H21FN4O2/c1-22-15(12-2-4-13(19)5-3-12)6-7-16(22)17(24)21-14-8-10-23(11-9-14)18(20)25/h2-7,14H,8-11H2,1H3,(H2,20,25)(H,21,24). The van der Waals surface area contributed by atoms with E-state index >= 15 is 0 Å². The predicted molar refractivity (Wildman–Crippen MR) is 92.5 cm³/mol. The van der Waals surface area contributed by atoms with Crippen LogP contribution in [0.15, 0.2) is 36.4 Å². The molecule has 0 unspecified atom stereocenters. The zero-order valence-corrected chi connectivity index (χ0v) is 14.0. The van der Waals surface area contributed by atoms with Gasteiger partial charge in [-0.05, 0) is 54.8 Å². The lowest BCUT2D eigenvalue weighted by Crippen LogP contribution is -2.48. The molecule has 7 heteroatoms. The molecule has 132 valence electrons. The number of aromatic nitrogens is 1. The van der Waals surface area contributed by atoms with Crippen LogP contribution in [-0.2, 0) is 7.05 Å². The first-order valence-electron chi connectivity index (χ1n) is 8.22. The fourth-order valence-electron chi connectivity index (χ4n) is 3.15. The van der Waals surface area contributed by atoms with Crippen LogP contribution >= 0.6 is 0 Å². The van der Waals surface area contributed by atoms with E-state index in [-0.39, 0.29) is 17.8 Å². The van der Waals surface area contributed by atoms with Crippen LogP contribution < -0.4 is 11.1 Å². The first-order chi connectivity index (χ1) is 12.0. The monoisotopic (exact) mass is 344 g/mol. The molecule has 0 spiro atoms. The van der Waals surface area contributed by atoms with Crippen LogP contribution in [0.2, 0.25) is 0 Å². The Labute approximate surface area is 145 Å². The summed E-state index contributed by atoms with van der Waals surface area (Å²) in [6.45, 7) is 1.10. The van der Waals surface area contributed by atoms with Crippen LogP contribution in [0.25, 0.3) is 11.3 Å². The summed E-state index contributed by atoms with van der Waals surface area (Å²) < 4.78 is 14.9. The minimum absolute atomic E-state index is 0.0206. The first kappa shape index (κ1) is 17.0. The molecule has 2 aromatic rings. The summed E-state index contributed by atoms with van der Waals surface area (Å²) in [7, 11) is 1.81. The van der Waals surface area contributed by atoms with E-state index in [0.29, 0.717) is 31.6 Å². The van der Waals surface area contributed by atoms with Crippen molar-refractivity contribution in [2.24, 2.45) is 12.8 Å². The Morgan fingerprint density at radius 2 is 1.76 bits per heavy atom. The minimum atomic E-state index is -0.420. The molecule has 1 aliphatic rings. The number of hydrogen-bond donors (Lipinski definition) is 2. The fraction of sp³-hybridized carbons (Fsp3) is 0.333. The molecule has 0 aliphatic carbocycles. The van der Waals surface area contributed by atoms with E-state index in [9.17, 15) is 14.0 Å². The predicted octanol–water partition coefficient (Wildman–Crippen LogP) is 2.10. The number of carbonyl (C=O) groups is 2. The van der Waals surface area contributed by atoms with E-state index in [2.05, 4.69) is 5.32 Å². The Bertz CT molecular complexity index is 777. The SMILES string of the molecule is Cn1c(C(=O)NC2CCN(C(N)=O)CC2)ccc1-c1ccc(F)cc1. The third-order valence-electron chi connectivity index (χ3n) is 4.64. The van der Waals surface area contributed by atoms with Crippen molar-refractivity contribution in [2.45, 2.75) is 18.9 Å². The van der Waals surface area contributed by atoms with Gasteiger partial charge >= 0.3 is 6.03 Å². The lowest BCUT2D eigenvalue weighted by molar-refractivity contribution is 0.0911. The molecule has 0 bridgehead atoms. The number of carbonyl (C=O) groups excluding carboxylic acids is 2. The highest BCUT2D eigenvalue weighted by atomic mass is 19.1. The van der Waals surface area contributed by atoms with E-state index in [4.69, 9.17) is 5.73 Å². The molecule has 1 aromatic carbocycles. The first-order valence-corrected chi connectivity index (χ1v) is 8.22. The average Bonchev–Trinajstić information content (AvgIpc) is 2.98. The van der Waals surface area contributed by atoms with E-state index in [1.54, 1.807) is 27.7 Å². The van der Waals surface area contributed by atoms with Crippen molar-refractivity contribution in [3.63, 3.8) is 0 Å². The smallest absolute Gasteiger partial charge is 0.314 e. The normalized spacial score (nSPS) is 15.2. The van der Waals surface area contributed by atoms with Crippen LogP contribution in [-0.4, -0.2) is 40.5 Å². The van der Waals surface area contributed by atoms with Crippen molar-refractivity contribution in [1.29, 1.82) is 0 Å². The van der Waals surface area contributed by atoms with Crippen molar-refractivity contribution >= 4 is 11.9 Å². The second-order valence-corrected chi connectivity index (χ2v) is 6.24. The van der Waals surface area contributed by atoms with E-state index < -0.39 is 6.03 Å². The van der Waals surface area contributed by atoms with Gasteiger partial charge in [0.25, 0.3) is 5.91 Å². The summed E-state index contributed by atoms with van der Waals surface area (Å²) in [4.78, 5) is 25.3. The molecule has 1 fully saturated rings. The lowest BCUT2D eigenvalue weighted by atomic mass is 10.1. The summed E-state index contributed by atoms with van der Waals surface area (Å²) >= 11 is 0. The Morgan fingerprint density at radius 1 is 1.12 bits per heavy atom. The molecule has 6 nitrogen and oxygen atoms in total. The average molecular weight is 344 g/mol. The Balaban J connectivity index is 1.67. The number of nitrogens with one attached hydrogen (secondary N) is 1. The third kappa shape index (κ3) is 3.65.